The van der Waals surface area contributed by atoms with Crippen LogP contribution in [0.15, 0.2) is 39.8 Å². The van der Waals surface area contributed by atoms with Crippen LogP contribution >= 0.6 is 24.0 Å². The smallest absolute Gasteiger partial charge is 0.246 e. The zero-order valence-electron chi connectivity index (χ0n) is 14.8. The average Bonchev–Trinajstić information content (AvgIpc) is 3.03. The summed E-state index contributed by atoms with van der Waals surface area (Å²) in [7, 11) is 1.82. The maximum absolute atomic E-state index is 5.13. The van der Waals surface area contributed by atoms with E-state index in [2.05, 4.69) is 55.7 Å². The molecule has 6 nitrogen and oxygen atoms in total. The van der Waals surface area contributed by atoms with Crippen molar-refractivity contribution in [2.45, 2.75) is 32.7 Å². The molecule has 0 bridgehead atoms. The van der Waals surface area contributed by atoms with Gasteiger partial charge in [-0.2, -0.15) is 4.98 Å². The van der Waals surface area contributed by atoms with E-state index in [1.165, 1.54) is 24.8 Å². The lowest BCUT2D eigenvalue weighted by Gasteiger charge is -2.34. The average molecular weight is 455 g/mol. The largest absolute Gasteiger partial charge is 0.347 e. The van der Waals surface area contributed by atoms with Crippen LogP contribution in [0.3, 0.4) is 0 Å². The van der Waals surface area contributed by atoms with E-state index in [0.717, 1.165) is 25.0 Å². The third-order valence-electron chi connectivity index (χ3n) is 4.46. The van der Waals surface area contributed by atoms with Gasteiger partial charge in [-0.3, -0.25) is 4.99 Å². The molecule has 7 heteroatoms. The predicted octanol–water partition coefficient (Wildman–Crippen LogP) is 3.03. The van der Waals surface area contributed by atoms with E-state index >= 15 is 0 Å². The highest BCUT2D eigenvalue weighted by Gasteiger charge is 2.21. The molecule has 0 saturated carbocycles. The number of rotatable bonds is 4. The van der Waals surface area contributed by atoms with Gasteiger partial charge in [0.2, 0.25) is 5.89 Å². The first-order valence-corrected chi connectivity index (χ1v) is 8.53. The number of aromatic nitrogens is 2. The summed E-state index contributed by atoms with van der Waals surface area (Å²) in [5, 5.41) is 7.12. The number of aliphatic imine (C=N–C) groups is 1. The second-order valence-electron chi connectivity index (χ2n) is 6.26. The fraction of sp³-hybridized carbons (Fsp3) is 0.500. The number of aryl methyl sites for hydroxylation is 1. The topological polar surface area (TPSA) is 66.5 Å². The van der Waals surface area contributed by atoms with Crippen LogP contribution in [0, 0.1) is 12.8 Å². The fourth-order valence-electron chi connectivity index (χ4n) is 3.20. The van der Waals surface area contributed by atoms with Crippen LogP contribution < -0.4 is 5.32 Å². The minimum Gasteiger partial charge on any atom is -0.347 e. The summed E-state index contributed by atoms with van der Waals surface area (Å²) in [6.07, 6.45) is 3.55. The Labute approximate surface area is 166 Å². The third kappa shape index (κ3) is 5.69. The van der Waals surface area contributed by atoms with Gasteiger partial charge < -0.3 is 14.7 Å². The predicted molar refractivity (Wildman–Crippen MR) is 109 cm³/mol. The molecule has 0 radical (unpaired) electrons. The molecule has 25 heavy (non-hydrogen) atoms. The first kappa shape index (κ1) is 19.7. The second-order valence-corrected chi connectivity index (χ2v) is 6.26. The number of likely N-dealkylation sites (tertiary alicyclic amines) is 1. The van der Waals surface area contributed by atoms with E-state index in [0.29, 0.717) is 18.3 Å². The standard InChI is InChI=1S/C18H25N5O.HI/c1-14-21-17(24-22-14)13-20-18(19-2)23-10-8-16(9-11-23)12-15-6-4-3-5-7-15;/h3-7,16H,8-13H2,1-2H3,(H,19,20);1H. The molecule has 1 saturated heterocycles. The zero-order chi connectivity index (χ0) is 16.8. The molecular weight excluding hydrogens is 429 g/mol. The molecule has 1 N–H and O–H groups in total. The van der Waals surface area contributed by atoms with E-state index < -0.39 is 0 Å². The van der Waals surface area contributed by atoms with Gasteiger partial charge in [-0.25, -0.2) is 0 Å². The van der Waals surface area contributed by atoms with Crippen molar-refractivity contribution in [2.24, 2.45) is 10.9 Å². The van der Waals surface area contributed by atoms with Crippen LogP contribution in [0.25, 0.3) is 0 Å². The molecular formula is C18H26IN5O. The van der Waals surface area contributed by atoms with Gasteiger partial charge >= 0.3 is 0 Å². The minimum absolute atomic E-state index is 0. The van der Waals surface area contributed by atoms with Gasteiger partial charge in [0.1, 0.15) is 0 Å². The highest BCUT2D eigenvalue weighted by Crippen LogP contribution is 2.21. The van der Waals surface area contributed by atoms with Crippen molar-refractivity contribution in [3.05, 3.63) is 47.6 Å². The molecule has 0 spiro atoms. The SMILES string of the molecule is CN=C(NCc1nc(C)no1)N1CCC(Cc2ccccc2)CC1.I. The van der Waals surface area contributed by atoms with E-state index in [1.807, 2.05) is 14.0 Å². The monoisotopic (exact) mass is 455 g/mol. The van der Waals surface area contributed by atoms with Crippen LogP contribution in [0.5, 0.6) is 0 Å². The van der Waals surface area contributed by atoms with E-state index in [9.17, 15) is 0 Å². The Kier molecular flexibility index (Phi) is 7.67. The molecule has 1 fully saturated rings. The van der Waals surface area contributed by atoms with Crippen molar-refractivity contribution in [3.8, 4) is 0 Å². The molecule has 136 valence electrons. The maximum Gasteiger partial charge on any atom is 0.246 e. The van der Waals surface area contributed by atoms with Gasteiger partial charge in [0.15, 0.2) is 11.8 Å². The Morgan fingerprint density at radius 3 is 2.60 bits per heavy atom. The molecule has 3 rings (SSSR count). The summed E-state index contributed by atoms with van der Waals surface area (Å²) in [4.78, 5) is 10.9. The zero-order valence-corrected chi connectivity index (χ0v) is 17.1. The first-order chi connectivity index (χ1) is 11.7. The van der Waals surface area contributed by atoms with Gasteiger partial charge in [0.25, 0.3) is 0 Å². The molecule has 0 amide bonds. The Morgan fingerprint density at radius 2 is 2.00 bits per heavy atom. The number of hydrogen-bond donors (Lipinski definition) is 1. The summed E-state index contributed by atoms with van der Waals surface area (Å²) in [5.41, 5.74) is 1.44. The Balaban J connectivity index is 0.00000225. The van der Waals surface area contributed by atoms with E-state index in [-0.39, 0.29) is 24.0 Å². The molecule has 0 aliphatic carbocycles. The maximum atomic E-state index is 5.13. The quantitative estimate of drug-likeness (QED) is 0.436. The van der Waals surface area contributed by atoms with Crippen LogP contribution in [0.2, 0.25) is 0 Å². The van der Waals surface area contributed by atoms with Gasteiger partial charge in [-0.15, -0.1) is 24.0 Å². The van der Waals surface area contributed by atoms with Crippen molar-refractivity contribution >= 4 is 29.9 Å². The molecule has 2 heterocycles. The Bertz CT molecular complexity index is 665. The lowest BCUT2D eigenvalue weighted by molar-refractivity contribution is 0.257. The van der Waals surface area contributed by atoms with Crippen molar-refractivity contribution in [3.63, 3.8) is 0 Å². The Hall–Kier alpha value is -1.64. The highest BCUT2D eigenvalue weighted by molar-refractivity contribution is 14.0. The number of nitrogens with one attached hydrogen (secondary N) is 1. The molecule has 2 aromatic rings. The number of halogens is 1. The van der Waals surface area contributed by atoms with Crippen LogP contribution in [0.1, 0.15) is 30.1 Å². The summed E-state index contributed by atoms with van der Waals surface area (Å²) in [6.45, 7) is 4.39. The highest BCUT2D eigenvalue weighted by atomic mass is 127. The first-order valence-electron chi connectivity index (χ1n) is 8.53. The summed E-state index contributed by atoms with van der Waals surface area (Å²) in [6, 6.07) is 10.8. The van der Waals surface area contributed by atoms with Crippen LogP contribution in [0.4, 0.5) is 0 Å². The summed E-state index contributed by atoms with van der Waals surface area (Å²) < 4.78 is 5.13. The van der Waals surface area contributed by atoms with Gasteiger partial charge in [-0.1, -0.05) is 35.5 Å². The molecule has 1 aromatic carbocycles. The van der Waals surface area contributed by atoms with Crippen LogP contribution in [-0.4, -0.2) is 41.1 Å². The van der Waals surface area contributed by atoms with Crippen molar-refractivity contribution in [1.29, 1.82) is 0 Å². The molecule has 0 atom stereocenters. The summed E-state index contributed by atoms with van der Waals surface area (Å²) >= 11 is 0. The summed E-state index contributed by atoms with van der Waals surface area (Å²) in [5.74, 6) is 2.90. The number of benzene rings is 1. The minimum atomic E-state index is 0. The van der Waals surface area contributed by atoms with E-state index in [4.69, 9.17) is 4.52 Å². The number of nitrogens with zero attached hydrogens (tertiary/aromatic N) is 4. The second kappa shape index (κ2) is 9.74. The van der Waals surface area contributed by atoms with Crippen molar-refractivity contribution < 1.29 is 4.52 Å². The number of guanidine groups is 1. The van der Waals surface area contributed by atoms with Gasteiger partial charge in [0, 0.05) is 20.1 Å². The molecule has 1 aromatic heterocycles. The number of hydrogen-bond acceptors (Lipinski definition) is 4. The van der Waals surface area contributed by atoms with Gasteiger partial charge in [-0.05, 0) is 37.7 Å². The molecule has 0 unspecified atom stereocenters. The van der Waals surface area contributed by atoms with E-state index in [1.54, 1.807) is 0 Å². The van der Waals surface area contributed by atoms with Gasteiger partial charge in [0.05, 0.1) is 6.54 Å². The number of piperidine rings is 1. The Morgan fingerprint density at radius 1 is 1.28 bits per heavy atom. The molecule has 1 aliphatic rings. The van der Waals surface area contributed by atoms with Crippen LogP contribution in [-0.2, 0) is 13.0 Å². The normalized spacial score (nSPS) is 15.8. The lowest BCUT2D eigenvalue weighted by atomic mass is 9.90. The molecule has 1 aliphatic heterocycles. The fourth-order valence-corrected chi connectivity index (χ4v) is 3.20. The van der Waals surface area contributed by atoms with Crippen molar-refractivity contribution in [2.75, 3.05) is 20.1 Å². The lowest BCUT2D eigenvalue weighted by Crippen LogP contribution is -2.45. The third-order valence-corrected chi connectivity index (χ3v) is 4.46. The van der Waals surface area contributed by atoms with Crippen molar-refractivity contribution in [1.82, 2.24) is 20.4 Å².